The van der Waals surface area contributed by atoms with Gasteiger partial charge in [-0.1, -0.05) is 47.7 Å². The number of benzene rings is 1. The van der Waals surface area contributed by atoms with Crippen LogP contribution in [0, 0.1) is 13.8 Å². The fourth-order valence-corrected chi connectivity index (χ4v) is 3.76. The van der Waals surface area contributed by atoms with E-state index < -0.39 is 0 Å². The normalized spacial score (nSPS) is 10.7. The highest BCUT2D eigenvalue weighted by Crippen LogP contribution is 2.24. The van der Waals surface area contributed by atoms with E-state index in [1.165, 1.54) is 11.3 Å². The van der Waals surface area contributed by atoms with Crippen molar-refractivity contribution in [3.63, 3.8) is 0 Å². The fraction of sp³-hybridized carbons (Fsp3) is 0.136. The molecule has 0 spiro atoms. The largest absolute Gasteiger partial charge is 0.346 e. The lowest BCUT2D eigenvalue weighted by Gasteiger charge is -2.09. The van der Waals surface area contributed by atoms with E-state index in [2.05, 4.69) is 25.5 Å². The van der Waals surface area contributed by atoms with Gasteiger partial charge in [0, 0.05) is 35.8 Å². The summed E-state index contributed by atoms with van der Waals surface area (Å²) in [6.07, 6.45) is 3.57. The predicted molar refractivity (Wildman–Crippen MR) is 113 cm³/mol. The van der Waals surface area contributed by atoms with Crippen molar-refractivity contribution in [1.82, 2.24) is 25.5 Å². The van der Waals surface area contributed by atoms with Gasteiger partial charge in [-0.3, -0.25) is 14.8 Å². The molecule has 0 bridgehead atoms. The monoisotopic (exact) mass is 401 g/mol. The first kappa shape index (κ1) is 18.9. The van der Waals surface area contributed by atoms with Crippen molar-refractivity contribution in [2.75, 3.05) is 0 Å². The maximum absolute atomic E-state index is 12.4. The molecule has 0 aliphatic carbocycles. The number of rotatable bonds is 5. The van der Waals surface area contributed by atoms with Gasteiger partial charge in [0.05, 0.1) is 5.69 Å². The van der Waals surface area contributed by atoms with Gasteiger partial charge in [0.1, 0.15) is 5.01 Å². The van der Waals surface area contributed by atoms with Crippen LogP contribution in [0.4, 0.5) is 0 Å². The molecule has 6 nitrogen and oxygen atoms in total. The summed E-state index contributed by atoms with van der Waals surface area (Å²) in [5, 5.41) is 12.1. The smallest absolute Gasteiger partial charge is 0.282 e. The minimum absolute atomic E-state index is 0.240. The number of aromatic nitrogens is 4. The molecule has 0 fully saturated rings. The molecule has 0 aliphatic rings. The highest BCUT2D eigenvalue weighted by molar-refractivity contribution is 7.16. The van der Waals surface area contributed by atoms with Crippen molar-refractivity contribution in [2.45, 2.75) is 20.4 Å². The Hall–Kier alpha value is -3.45. The van der Waals surface area contributed by atoms with E-state index in [1.54, 1.807) is 12.4 Å². The van der Waals surface area contributed by atoms with E-state index in [0.717, 1.165) is 38.6 Å². The molecular formula is C22H19N5OS. The molecule has 1 N–H and O–H groups in total. The highest BCUT2D eigenvalue weighted by atomic mass is 32.1. The molecule has 144 valence electrons. The lowest BCUT2D eigenvalue weighted by Crippen LogP contribution is -2.22. The zero-order valence-electron chi connectivity index (χ0n) is 16.1. The molecule has 3 aromatic heterocycles. The molecule has 0 atom stereocenters. The van der Waals surface area contributed by atoms with Crippen LogP contribution in [0.5, 0.6) is 0 Å². The van der Waals surface area contributed by atoms with Gasteiger partial charge in [0.25, 0.3) is 5.91 Å². The van der Waals surface area contributed by atoms with E-state index in [-0.39, 0.29) is 5.91 Å². The zero-order chi connectivity index (χ0) is 20.2. The number of pyridine rings is 2. The van der Waals surface area contributed by atoms with Crippen molar-refractivity contribution < 1.29 is 4.79 Å². The fourth-order valence-electron chi connectivity index (χ4n) is 3.00. The Labute approximate surface area is 172 Å². The van der Waals surface area contributed by atoms with Crippen LogP contribution in [0.1, 0.15) is 26.6 Å². The number of hydrogen-bond donors (Lipinski definition) is 1. The summed E-state index contributed by atoms with van der Waals surface area (Å²) in [4.78, 5) is 21.2. The zero-order valence-corrected chi connectivity index (χ0v) is 16.9. The molecule has 4 rings (SSSR count). The van der Waals surface area contributed by atoms with Gasteiger partial charge in [-0.15, -0.1) is 10.2 Å². The van der Waals surface area contributed by atoms with Gasteiger partial charge in [0.15, 0.2) is 0 Å². The van der Waals surface area contributed by atoms with Crippen molar-refractivity contribution in [3.05, 3.63) is 82.8 Å². The second kappa shape index (κ2) is 8.28. The third kappa shape index (κ3) is 4.35. The van der Waals surface area contributed by atoms with Crippen LogP contribution in [0.25, 0.3) is 21.8 Å². The van der Waals surface area contributed by atoms with Gasteiger partial charge in [-0.25, -0.2) is 0 Å². The van der Waals surface area contributed by atoms with Gasteiger partial charge >= 0.3 is 0 Å². The third-order valence-corrected chi connectivity index (χ3v) is 5.37. The Balaban J connectivity index is 1.43. The predicted octanol–water partition coefficient (Wildman–Crippen LogP) is 4.21. The molecule has 0 saturated heterocycles. The van der Waals surface area contributed by atoms with Crippen LogP contribution in [-0.4, -0.2) is 26.1 Å². The van der Waals surface area contributed by atoms with E-state index in [4.69, 9.17) is 0 Å². The first-order chi connectivity index (χ1) is 14.1. The minimum atomic E-state index is -0.240. The molecule has 0 aliphatic heterocycles. The lowest BCUT2D eigenvalue weighted by molar-refractivity contribution is 0.0950. The number of hydrogen-bond acceptors (Lipinski definition) is 6. The molecule has 1 aromatic carbocycles. The second-order valence-electron chi connectivity index (χ2n) is 6.66. The molecule has 4 aromatic rings. The Kier molecular flexibility index (Phi) is 5.39. The molecule has 3 heterocycles. The minimum Gasteiger partial charge on any atom is -0.346 e. The number of amides is 1. The van der Waals surface area contributed by atoms with Crippen molar-refractivity contribution in [3.8, 4) is 21.8 Å². The Morgan fingerprint density at radius 3 is 2.59 bits per heavy atom. The summed E-state index contributed by atoms with van der Waals surface area (Å²) in [6, 6.07) is 15.7. The van der Waals surface area contributed by atoms with Gasteiger partial charge in [-0.2, -0.15) is 0 Å². The number of carbonyl (C=O) groups excluding carboxylic acids is 1. The Morgan fingerprint density at radius 2 is 1.83 bits per heavy atom. The molecule has 0 unspecified atom stereocenters. The Morgan fingerprint density at radius 1 is 1.00 bits per heavy atom. The maximum Gasteiger partial charge on any atom is 0.282 e. The van der Waals surface area contributed by atoms with Crippen LogP contribution in [0.3, 0.4) is 0 Å². The average molecular weight is 401 g/mol. The quantitative estimate of drug-likeness (QED) is 0.542. The maximum atomic E-state index is 12.4. The molecule has 29 heavy (non-hydrogen) atoms. The van der Waals surface area contributed by atoms with Crippen LogP contribution in [0.2, 0.25) is 0 Å². The SMILES string of the molecule is Cc1cc(-c2ncc(CNC(=O)c3nnc(-c4ccccc4)s3)cc2C)ccn1. The molecular weight excluding hydrogens is 382 g/mol. The first-order valence-corrected chi connectivity index (χ1v) is 9.97. The number of nitrogens with zero attached hydrogens (tertiary/aromatic N) is 4. The summed E-state index contributed by atoms with van der Waals surface area (Å²) in [7, 11) is 0. The summed E-state index contributed by atoms with van der Waals surface area (Å²) >= 11 is 1.28. The van der Waals surface area contributed by atoms with Gasteiger partial charge in [-0.05, 0) is 37.1 Å². The number of carbonyl (C=O) groups is 1. The van der Waals surface area contributed by atoms with Crippen LogP contribution in [-0.2, 0) is 6.54 Å². The standard InChI is InChI=1S/C22H19N5OS/c1-14-10-16(12-24-19(14)18-8-9-23-15(2)11-18)13-25-20(28)22-27-26-21(29-22)17-6-4-3-5-7-17/h3-12H,13H2,1-2H3,(H,25,28). The van der Waals surface area contributed by atoms with Gasteiger partial charge < -0.3 is 5.32 Å². The summed E-state index contributed by atoms with van der Waals surface area (Å²) < 4.78 is 0. The molecule has 7 heteroatoms. The van der Waals surface area contributed by atoms with Crippen molar-refractivity contribution in [2.24, 2.45) is 0 Å². The summed E-state index contributed by atoms with van der Waals surface area (Å²) in [6.45, 7) is 4.35. The second-order valence-corrected chi connectivity index (χ2v) is 7.63. The average Bonchev–Trinajstić information content (AvgIpc) is 3.23. The van der Waals surface area contributed by atoms with E-state index in [0.29, 0.717) is 11.6 Å². The third-order valence-electron chi connectivity index (χ3n) is 4.40. The van der Waals surface area contributed by atoms with Crippen molar-refractivity contribution >= 4 is 17.2 Å². The molecule has 0 saturated carbocycles. The van der Waals surface area contributed by atoms with E-state index >= 15 is 0 Å². The molecule has 1 amide bonds. The van der Waals surface area contributed by atoms with Crippen LogP contribution < -0.4 is 5.32 Å². The number of nitrogens with one attached hydrogen (secondary N) is 1. The summed E-state index contributed by atoms with van der Waals surface area (Å²) in [5.74, 6) is -0.240. The van der Waals surface area contributed by atoms with Crippen LogP contribution in [0.15, 0.2) is 60.9 Å². The van der Waals surface area contributed by atoms with Crippen molar-refractivity contribution in [1.29, 1.82) is 0 Å². The van der Waals surface area contributed by atoms with E-state index in [1.807, 2.05) is 62.4 Å². The molecule has 0 radical (unpaired) electrons. The first-order valence-electron chi connectivity index (χ1n) is 9.16. The topological polar surface area (TPSA) is 80.7 Å². The number of aryl methyl sites for hydroxylation is 2. The lowest BCUT2D eigenvalue weighted by atomic mass is 10.1. The Bertz CT molecular complexity index is 1160. The van der Waals surface area contributed by atoms with Gasteiger partial charge in [0.2, 0.25) is 5.01 Å². The highest BCUT2D eigenvalue weighted by Gasteiger charge is 2.14. The van der Waals surface area contributed by atoms with Crippen LogP contribution >= 0.6 is 11.3 Å². The van der Waals surface area contributed by atoms with E-state index in [9.17, 15) is 4.79 Å². The summed E-state index contributed by atoms with van der Waals surface area (Å²) in [5.41, 5.74) is 5.83.